The summed E-state index contributed by atoms with van der Waals surface area (Å²) < 4.78 is 5.88. The van der Waals surface area contributed by atoms with Gasteiger partial charge in [-0.3, -0.25) is 0 Å². The van der Waals surface area contributed by atoms with Gasteiger partial charge in [-0.25, -0.2) is 0 Å². The molecule has 0 amide bonds. The number of furan rings is 1. The quantitative estimate of drug-likeness (QED) is 0.715. The maximum absolute atomic E-state index is 6.27. The van der Waals surface area contributed by atoms with E-state index < -0.39 is 6.04 Å². The van der Waals surface area contributed by atoms with E-state index in [1.807, 2.05) is 31.2 Å². The number of nitrogens with two attached hydrogens (primary N) is 1. The summed E-state index contributed by atoms with van der Waals surface area (Å²) in [6, 6.07) is 12.8. The van der Waals surface area contributed by atoms with Gasteiger partial charge in [0.25, 0.3) is 0 Å². The Labute approximate surface area is 127 Å². The molecule has 3 rings (SSSR count). The molecule has 0 fully saturated rings. The maximum Gasteiger partial charge on any atom is 0.137 e. The van der Waals surface area contributed by atoms with E-state index in [9.17, 15) is 0 Å². The zero-order valence-electron chi connectivity index (χ0n) is 10.9. The molecule has 0 saturated heterocycles. The van der Waals surface area contributed by atoms with Crippen LogP contribution in [0.25, 0.3) is 11.0 Å². The third-order valence-electron chi connectivity index (χ3n) is 3.38. The van der Waals surface area contributed by atoms with Crippen LogP contribution in [-0.2, 0) is 0 Å². The van der Waals surface area contributed by atoms with Crippen LogP contribution in [-0.4, -0.2) is 0 Å². The Kier molecular flexibility index (Phi) is 3.47. The van der Waals surface area contributed by atoms with Crippen LogP contribution in [0.5, 0.6) is 0 Å². The van der Waals surface area contributed by atoms with Crippen molar-refractivity contribution in [1.82, 2.24) is 0 Å². The second-order valence-electron chi connectivity index (χ2n) is 4.76. The van der Waals surface area contributed by atoms with Gasteiger partial charge in [0.2, 0.25) is 0 Å². The lowest BCUT2D eigenvalue weighted by Crippen LogP contribution is -2.12. The van der Waals surface area contributed by atoms with Gasteiger partial charge in [-0.05, 0) is 30.7 Å². The van der Waals surface area contributed by atoms with Crippen LogP contribution in [0.15, 0.2) is 46.9 Å². The average molecular weight is 306 g/mol. The summed E-state index contributed by atoms with van der Waals surface area (Å²) in [7, 11) is 0. The van der Waals surface area contributed by atoms with Crippen LogP contribution in [0.4, 0.5) is 0 Å². The molecule has 3 aromatic rings. The van der Waals surface area contributed by atoms with Crippen LogP contribution in [0.3, 0.4) is 0 Å². The van der Waals surface area contributed by atoms with Crippen LogP contribution < -0.4 is 5.73 Å². The van der Waals surface area contributed by atoms with E-state index in [1.165, 1.54) is 0 Å². The zero-order chi connectivity index (χ0) is 14.3. The Hall–Kier alpha value is -1.48. The molecule has 0 spiro atoms. The van der Waals surface area contributed by atoms with Crippen molar-refractivity contribution in [3.8, 4) is 0 Å². The maximum atomic E-state index is 6.27. The number of halogens is 2. The minimum absolute atomic E-state index is 0.483. The summed E-state index contributed by atoms with van der Waals surface area (Å²) in [5.41, 5.74) is 8.88. The minimum Gasteiger partial charge on any atom is -0.459 e. The SMILES string of the molecule is Cc1cccc2cc(C(N)c3c(Cl)cccc3Cl)oc12. The van der Waals surface area contributed by atoms with Crippen molar-refractivity contribution in [1.29, 1.82) is 0 Å². The highest BCUT2D eigenvalue weighted by Crippen LogP contribution is 2.35. The smallest absolute Gasteiger partial charge is 0.137 e. The molecule has 1 atom stereocenters. The molecular weight excluding hydrogens is 293 g/mol. The van der Waals surface area contributed by atoms with E-state index in [0.29, 0.717) is 21.4 Å². The third-order valence-corrected chi connectivity index (χ3v) is 4.04. The van der Waals surface area contributed by atoms with Crippen molar-refractivity contribution in [3.05, 3.63) is 69.4 Å². The third kappa shape index (κ3) is 2.20. The first kappa shape index (κ1) is 13.5. The number of rotatable bonds is 2. The van der Waals surface area contributed by atoms with E-state index in [-0.39, 0.29) is 0 Å². The van der Waals surface area contributed by atoms with E-state index in [0.717, 1.165) is 16.5 Å². The number of benzene rings is 2. The second-order valence-corrected chi connectivity index (χ2v) is 5.57. The lowest BCUT2D eigenvalue weighted by Gasteiger charge is -2.12. The standard InChI is InChI=1S/C16H13Cl2NO/c1-9-4-2-5-10-8-13(20-16(9)10)15(19)14-11(17)6-3-7-12(14)18/h2-8,15H,19H2,1H3. The van der Waals surface area contributed by atoms with Crippen molar-refractivity contribution in [2.75, 3.05) is 0 Å². The summed E-state index contributed by atoms with van der Waals surface area (Å²) in [6.45, 7) is 2.00. The first-order valence-corrected chi connectivity index (χ1v) is 7.02. The molecule has 0 bridgehead atoms. The van der Waals surface area contributed by atoms with Gasteiger partial charge in [-0.1, -0.05) is 47.5 Å². The van der Waals surface area contributed by atoms with Gasteiger partial charge in [-0.2, -0.15) is 0 Å². The van der Waals surface area contributed by atoms with Crippen LogP contribution in [0, 0.1) is 6.92 Å². The monoisotopic (exact) mass is 305 g/mol. The molecule has 2 N–H and O–H groups in total. The van der Waals surface area contributed by atoms with Gasteiger partial charge >= 0.3 is 0 Å². The number of hydrogen-bond acceptors (Lipinski definition) is 2. The van der Waals surface area contributed by atoms with Gasteiger partial charge in [0.15, 0.2) is 0 Å². The first-order chi connectivity index (χ1) is 9.58. The topological polar surface area (TPSA) is 39.2 Å². The van der Waals surface area contributed by atoms with Crippen LogP contribution in [0.2, 0.25) is 10.0 Å². The van der Waals surface area contributed by atoms with E-state index >= 15 is 0 Å². The lowest BCUT2D eigenvalue weighted by atomic mass is 10.0. The van der Waals surface area contributed by atoms with Crippen molar-refractivity contribution >= 4 is 34.2 Å². The summed E-state index contributed by atoms with van der Waals surface area (Å²) in [5.74, 6) is 0.657. The van der Waals surface area contributed by atoms with Gasteiger partial charge < -0.3 is 10.2 Å². The van der Waals surface area contributed by atoms with Crippen molar-refractivity contribution in [2.24, 2.45) is 5.73 Å². The molecule has 0 saturated carbocycles. The Morgan fingerprint density at radius 3 is 2.35 bits per heavy atom. The molecule has 2 aromatic carbocycles. The van der Waals surface area contributed by atoms with E-state index in [1.54, 1.807) is 18.2 Å². The molecule has 0 aliphatic heterocycles. The molecule has 0 radical (unpaired) electrons. The Balaban J connectivity index is 2.13. The van der Waals surface area contributed by atoms with E-state index in [2.05, 4.69) is 0 Å². The van der Waals surface area contributed by atoms with Crippen LogP contribution in [0.1, 0.15) is 22.9 Å². The van der Waals surface area contributed by atoms with E-state index in [4.69, 9.17) is 33.4 Å². The predicted molar refractivity (Wildman–Crippen MR) is 83.4 cm³/mol. The molecule has 1 heterocycles. The molecule has 4 heteroatoms. The fraction of sp³-hybridized carbons (Fsp3) is 0.125. The summed E-state index contributed by atoms with van der Waals surface area (Å²) in [4.78, 5) is 0. The second kappa shape index (κ2) is 5.13. The normalized spacial score (nSPS) is 12.8. The molecule has 1 aromatic heterocycles. The predicted octanol–water partition coefficient (Wildman–Crippen LogP) is 5.10. The largest absolute Gasteiger partial charge is 0.459 e. The van der Waals surface area contributed by atoms with Crippen molar-refractivity contribution in [2.45, 2.75) is 13.0 Å². The highest BCUT2D eigenvalue weighted by atomic mass is 35.5. The number of hydrogen-bond donors (Lipinski definition) is 1. The fourth-order valence-electron chi connectivity index (χ4n) is 2.33. The zero-order valence-corrected chi connectivity index (χ0v) is 12.4. The van der Waals surface area contributed by atoms with Gasteiger partial charge in [-0.15, -0.1) is 0 Å². The highest BCUT2D eigenvalue weighted by Gasteiger charge is 2.20. The fourth-order valence-corrected chi connectivity index (χ4v) is 2.96. The molecule has 20 heavy (non-hydrogen) atoms. The summed E-state index contributed by atoms with van der Waals surface area (Å²) in [5, 5.41) is 2.11. The average Bonchev–Trinajstić information content (AvgIpc) is 2.84. The molecule has 0 aliphatic rings. The summed E-state index contributed by atoms with van der Waals surface area (Å²) in [6.07, 6.45) is 0. The van der Waals surface area contributed by atoms with Gasteiger partial charge in [0.05, 0.1) is 6.04 Å². The highest BCUT2D eigenvalue weighted by molar-refractivity contribution is 6.36. The van der Waals surface area contributed by atoms with Gasteiger partial charge in [0, 0.05) is 21.0 Å². The number of aryl methyl sites for hydroxylation is 1. The number of fused-ring (bicyclic) bond motifs is 1. The molecule has 102 valence electrons. The Morgan fingerprint density at radius 2 is 1.70 bits per heavy atom. The van der Waals surface area contributed by atoms with Crippen LogP contribution >= 0.6 is 23.2 Å². The Bertz CT molecular complexity index is 759. The Morgan fingerprint density at radius 1 is 1.05 bits per heavy atom. The number of para-hydroxylation sites is 1. The molecule has 0 aliphatic carbocycles. The van der Waals surface area contributed by atoms with Gasteiger partial charge in [0.1, 0.15) is 11.3 Å². The van der Waals surface area contributed by atoms with Crippen molar-refractivity contribution < 1.29 is 4.42 Å². The molecule has 1 unspecified atom stereocenters. The molecule has 2 nitrogen and oxygen atoms in total. The molecular formula is C16H13Cl2NO. The minimum atomic E-state index is -0.483. The van der Waals surface area contributed by atoms with Crippen molar-refractivity contribution in [3.63, 3.8) is 0 Å². The lowest BCUT2D eigenvalue weighted by molar-refractivity contribution is 0.523. The summed E-state index contributed by atoms with van der Waals surface area (Å²) >= 11 is 12.4. The first-order valence-electron chi connectivity index (χ1n) is 6.26.